The quantitative estimate of drug-likeness (QED) is 0.688. The van der Waals surface area contributed by atoms with Crippen molar-refractivity contribution in [2.75, 3.05) is 0 Å². The Labute approximate surface area is 130 Å². The number of hydrogen-bond acceptors (Lipinski definition) is 2. The highest BCUT2D eigenvalue weighted by atomic mass is 14.9. The van der Waals surface area contributed by atoms with Crippen molar-refractivity contribution in [1.29, 1.82) is 0 Å². The van der Waals surface area contributed by atoms with Crippen LogP contribution < -0.4 is 0 Å². The Hall–Kier alpha value is -2.94. The van der Waals surface area contributed by atoms with Gasteiger partial charge in [0, 0.05) is 18.0 Å². The average Bonchev–Trinajstić information content (AvgIpc) is 3.11. The second kappa shape index (κ2) is 6.22. The molecule has 0 aliphatic rings. The largest absolute Gasteiger partial charge is 0.345 e. The molecule has 1 heterocycles. The summed E-state index contributed by atoms with van der Waals surface area (Å²) in [4.78, 5) is 11.4. The molecule has 3 heteroatoms. The van der Waals surface area contributed by atoms with Crippen LogP contribution in [-0.4, -0.2) is 16.7 Å². The molecule has 3 rings (SSSR count). The molecule has 108 valence electrons. The molecule has 2 aromatic carbocycles. The van der Waals surface area contributed by atoms with Gasteiger partial charge in [-0.1, -0.05) is 54.6 Å². The van der Waals surface area contributed by atoms with E-state index in [-0.39, 0.29) is 0 Å². The highest BCUT2D eigenvalue weighted by Gasteiger charge is 2.03. The van der Waals surface area contributed by atoms with E-state index < -0.39 is 0 Å². The van der Waals surface area contributed by atoms with E-state index in [0.717, 1.165) is 22.6 Å². The third kappa shape index (κ3) is 2.74. The zero-order valence-electron chi connectivity index (χ0n) is 12.5. The number of nitrogens with zero attached hydrogens (tertiary/aromatic N) is 2. The first-order valence-corrected chi connectivity index (χ1v) is 7.15. The van der Waals surface area contributed by atoms with Gasteiger partial charge in [0.05, 0.1) is 5.70 Å². The molecule has 0 aliphatic heterocycles. The second-order valence-electron chi connectivity index (χ2n) is 4.92. The molecule has 1 N–H and O–H groups in total. The first-order chi connectivity index (χ1) is 10.8. The Morgan fingerprint density at radius 2 is 1.59 bits per heavy atom. The molecule has 0 saturated carbocycles. The van der Waals surface area contributed by atoms with Crippen LogP contribution in [0.1, 0.15) is 12.5 Å². The molecule has 0 amide bonds. The van der Waals surface area contributed by atoms with Crippen molar-refractivity contribution in [3.8, 4) is 22.5 Å². The highest BCUT2D eigenvalue weighted by molar-refractivity contribution is 5.72. The Morgan fingerprint density at radius 1 is 1.00 bits per heavy atom. The lowest BCUT2D eigenvalue weighted by Crippen LogP contribution is -1.84. The van der Waals surface area contributed by atoms with Crippen LogP contribution in [0.15, 0.2) is 72.0 Å². The first kappa shape index (κ1) is 14.0. The number of H-pyrrole nitrogens is 1. The summed E-state index contributed by atoms with van der Waals surface area (Å²) in [5.41, 5.74) is 5.41. The number of imidazole rings is 1. The Kier molecular flexibility index (Phi) is 3.97. The molecule has 0 atom stereocenters. The zero-order chi connectivity index (χ0) is 15.4. The molecule has 0 bridgehead atoms. The summed E-state index contributed by atoms with van der Waals surface area (Å²) in [6.07, 6.45) is 5.54. The summed E-state index contributed by atoms with van der Waals surface area (Å²) in [6, 6.07) is 16.7. The normalized spacial score (nSPS) is 11.4. The molecule has 0 fully saturated rings. The van der Waals surface area contributed by atoms with E-state index >= 15 is 0 Å². The third-order valence-electron chi connectivity index (χ3n) is 3.61. The fourth-order valence-electron chi connectivity index (χ4n) is 2.43. The summed E-state index contributed by atoms with van der Waals surface area (Å²) in [5.74, 6) is 0.886. The van der Waals surface area contributed by atoms with Crippen molar-refractivity contribution < 1.29 is 0 Å². The molecular weight excluding hydrogens is 270 g/mol. The summed E-state index contributed by atoms with van der Waals surface area (Å²) in [5, 5.41) is 0. The van der Waals surface area contributed by atoms with Crippen molar-refractivity contribution in [2.45, 2.75) is 6.92 Å². The number of hydrogen-bond donors (Lipinski definition) is 1. The van der Waals surface area contributed by atoms with E-state index in [1.54, 1.807) is 6.20 Å². The monoisotopic (exact) mass is 287 g/mol. The Morgan fingerprint density at radius 3 is 2.09 bits per heavy atom. The molecule has 0 radical (unpaired) electrons. The minimum Gasteiger partial charge on any atom is -0.345 e. The number of aliphatic imine (C=N–C) groups is 1. The molecule has 3 aromatic rings. The topological polar surface area (TPSA) is 41.0 Å². The molecule has 0 saturated heterocycles. The summed E-state index contributed by atoms with van der Waals surface area (Å²) < 4.78 is 0. The van der Waals surface area contributed by atoms with Gasteiger partial charge in [-0.15, -0.1) is 0 Å². The number of benzene rings is 2. The van der Waals surface area contributed by atoms with E-state index in [0.29, 0.717) is 0 Å². The van der Waals surface area contributed by atoms with Gasteiger partial charge in [-0.05, 0) is 30.3 Å². The number of rotatable bonds is 4. The van der Waals surface area contributed by atoms with Gasteiger partial charge in [-0.2, -0.15) is 0 Å². The van der Waals surface area contributed by atoms with Crippen LogP contribution >= 0.6 is 0 Å². The number of aromatic nitrogens is 2. The fourth-order valence-corrected chi connectivity index (χ4v) is 2.43. The lowest BCUT2D eigenvalue weighted by Gasteiger charge is -2.06. The summed E-state index contributed by atoms with van der Waals surface area (Å²) in [6.45, 7) is 5.56. The number of nitrogens with one attached hydrogen (secondary N) is 1. The summed E-state index contributed by atoms with van der Waals surface area (Å²) >= 11 is 0. The van der Waals surface area contributed by atoms with Crippen molar-refractivity contribution in [3.05, 3.63) is 72.6 Å². The van der Waals surface area contributed by atoms with E-state index in [4.69, 9.17) is 0 Å². The predicted octanol–water partition coefficient (Wildman–Crippen LogP) is 4.81. The van der Waals surface area contributed by atoms with Crippen molar-refractivity contribution in [1.82, 2.24) is 9.97 Å². The van der Waals surface area contributed by atoms with Crippen LogP contribution in [0.2, 0.25) is 0 Å². The maximum atomic E-state index is 4.26. The van der Waals surface area contributed by atoms with E-state index in [1.807, 2.05) is 19.2 Å². The third-order valence-corrected chi connectivity index (χ3v) is 3.61. The van der Waals surface area contributed by atoms with Gasteiger partial charge in [-0.25, -0.2) is 4.98 Å². The van der Waals surface area contributed by atoms with E-state index in [1.165, 1.54) is 11.1 Å². The molecule has 22 heavy (non-hydrogen) atoms. The van der Waals surface area contributed by atoms with Gasteiger partial charge >= 0.3 is 0 Å². The molecular formula is C19H17N3. The SMILES string of the molecule is C=N/C(=C\C)c1ccc(-c2ccc(-c3ncc[nH]3)cc2)cc1. The molecule has 0 aliphatic carbocycles. The average molecular weight is 287 g/mol. The minimum atomic E-state index is 0.886. The summed E-state index contributed by atoms with van der Waals surface area (Å²) in [7, 11) is 0. The first-order valence-electron chi connectivity index (χ1n) is 7.15. The van der Waals surface area contributed by atoms with Crippen molar-refractivity contribution in [3.63, 3.8) is 0 Å². The fraction of sp³-hybridized carbons (Fsp3) is 0.0526. The maximum absolute atomic E-state index is 4.26. The van der Waals surface area contributed by atoms with Crippen molar-refractivity contribution >= 4 is 12.4 Å². The van der Waals surface area contributed by atoms with Crippen LogP contribution in [0, 0.1) is 0 Å². The molecule has 0 unspecified atom stereocenters. The van der Waals surface area contributed by atoms with E-state index in [2.05, 4.69) is 70.2 Å². The second-order valence-corrected chi connectivity index (χ2v) is 4.92. The number of aromatic amines is 1. The van der Waals surface area contributed by atoms with Gasteiger partial charge in [0.1, 0.15) is 5.82 Å². The standard InChI is InChI=1S/C19H17N3/c1-3-18(20-2)16-8-4-14(5-9-16)15-6-10-17(11-7-15)19-21-12-13-22-19/h3-13H,2H2,1H3,(H,21,22)/b18-3-. The molecule has 0 spiro atoms. The highest BCUT2D eigenvalue weighted by Crippen LogP contribution is 2.25. The van der Waals surface area contributed by atoms with Gasteiger partial charge in [0.25, 0.3) is 0 Å². The lowest BCUT2D eigenvalue weighted by molar-refractivity contribution is 1.31. The smallest absolute Gasteiger partial charge is 0.137 e. The van der Waals surface area contributed by atoms with Gasteiger partial charge in [0.2, 0.25) is 0 Å². The van der Waals surface area contributed by atoms with Crippen molar-refractivity contribution in [2.24, 2.45) is 4.99 Å². The van der Waals surface area contributed by atoms with Gasteiger partial charge in [0.15, 0.2) is 0 Å². The van der Waals surface area contributed by atoms with Crippen LogP contribution in [0.5, 0.6) is 0 Å². The van der Waals surface area contributed by atoms with E-state index in [9.17, 15) is 0 Å². The van der Waals surface area contributed by atoms with Gasteiger partial charge < -0.3 is 4.98 Å². The zero-order valence-corrected chi connectivity index (χ0v) is 12.5. The lowest BCUT2D eigenvalue weighted by atomic mass is 10.0. The predicted molar refractivity (Wildman–Crippen MR) is 92.7 cm³/mol. The molecule has 1 aromatic heterocycles. The van der Waals surface area contributed by atoms with Crippen LogP contribution in [0.25, 0.3) is 28.2 Å². The Bertz CT molecular complexity index is 780. The minimum absolute atomic E-state index is 0.886. The number of allylic oxidation sites excluding steroid dienone is 1. The maximum Gasteiger partial charge on any atom is 0.137 e. The van der Waals surface area contributed by atoms with Crippen LogP contribution in [0.4, 0.5) is 0 Å². The van der Waals surface area contributed by atoms with Gasteiger partial charge in [-0.3, -0.25) is 4.99 Å². The van der Waals surface area contributed by atoms with Crippen LogP contribution in [0.3, 0.4) is 0 Å². The molecule has 3 nitrogen and oxygen atoms in total. The Balaban J connectivity index is 1.87. The van der Waals surface area contributed by atoms with Crippen LogP contribution in [-0.2, 0) is 0 Å².